The zero-order chi connectivity index (χ0) is 17.7. The summed E-state index contributed by atoms with van der Waals surface area (Å²) >= 11 is 0. The fraction of sp³-hybridized carbons (Fsp3) is 0.611. The van der Waals surface area contributed by atoms with Crippen molar-refractivity contribution in [2.24, 2.45) is 0 Å². The van der Waals surface area contributed by atoms with E-state index in [9.17, 15) is 14.3 Å². The molecule has 5 nitrogen and oxygen atoms in total. The van der Waals surface area contributed by atoms with Crippen LogP contribution in [0.25, 0.3) is 0 Å². The molecular weight excluding hydrogens is 311 g/mol. The maximum atomic E-state index is 12.9. The van der Waals surface area contributed by atoms with Crippen LogP contribution in [0.5, 0.6) is 0 Å². The van der Waals surface area contributed by atoms with E-state index >= 15 is 0 Å². The number of rotatable bonds is 5. The minimum Gasteiger partial charge on any atom is -0.388 e. The molecule has 1 saturated heterocycles. The van der Waals surface area contributed by atoms with Gasteiger partial charge < -0.3 is 20.5 Å². The molecule has 6 heteroatoms. The second-order valence-electron chi connectivity index (χ2n) is 6.75. The summed E-state index contributed by atoms with van der Waals surface area (Å²) in [5.74, 6) is -0.337. The van der Waals surface area contributed by atoms with Crippen LogP contribution in [0.1, 0.15) is 51.7 Å². The average Bonchev–Trinajstić information content (AvgIpc) is 2.46. The molecule has 1 aromatic rings. The van der Waals surface area contributed by atoms with Crippen molar-refractivity contribution in [2.75, 3.05) is 0 Å². The van der Waals surface area contributed by atoms with E-state index in [4.69, 9.17) is 4.74 Å². The monoisotopic (exact) mass is 338 g/mol. The summed E-state index contributed by atoms with van der Waals surface area (Å²) < 4.78 is 18.6. The number of aliphatic hydroxyl groups is 1. The number of aliphatic hydroxyl groups excluding tert-OH is 1. The third kappa shape index (κ3) is 5.76. The molecule has 2 amide bonds. The molecule has 0 saturated carbocycles. The van der Waals surface area contributed by atoms with Crippen molar-refractivity contribution < 1.29 is 19.0 Å². The van der Waals surface area contributed by atoms with Crippen LogP contribution in [0, 0.1) is 5.82 Å². The first-order valence-electron chi connectivity index (χ1n) is 8.49. The fourth-order valence-electron chi connectivity index (χ4n) is 3.19. The molecule has 24 heavy (non-hydrogen) atoms. The second kappa shape index (κ2) is 8.44. The van der Waals surface area contributed by atoms with Gasteiger partial charge in [0.2, 0.25) is 0 Å². The predicted octanol–water partition coefficient (Wildman–Crippen LogP) is 2.89. The number of amides is 2. The molecule has 4 unspecified atom stereocenters. The van der Waals surface area contributed by atoms with E-state index in [0.717, 1.165) is 12.8 Å². The molecule has 0 aliphatic carbocycles. The van der Waals surface area contributed by atoms with Crippen molar-refractivity contribution in [3.63, 3.8) is 0 Å². The Bertz CT molecular complexity index is 528. The summed E-state index contributed by atoms with van der Waals surface area (Å²) in [6, 6.07) is 5.39. The summed E-state index contributed by atoms with van der Waals surface area (Å²) in [6.07, 6.45) is 1.48. The minimum atomic E-state index is -0.746. The summed E-state index contributed by atoms with van der Waals surface area (Å²) in [5.41, 5.74) is 0.637. The van der Waals surface area contributed by atoms with E-state index in [0.29, 0.717) is 12.0 Å². The Kier molecular flexibility index (Phi) is 6.57. The van der Waals surface area contributed by atoms with E-state index in [1.165, 1.54) is 12.1 Å². The predicted molar refractivity (Wildman–Crippen MR) is 90.1 cm³/mol. The number of ether oxygens (including phenoxy) is 1. The Hall–Kier alpha value is -1.66. The lowest BCUT2D eigenvalue weighted by Gasteiger charge is -2.32. The van der Waals surface area contributed by atoms with Gasteiger partial charge in [-0.2, -0.15) is 0 Å². The quantitative estimate of drug-likeness (QED) is 0.773. The highest BCUT2D eigenvalue weighted by Gasteiger charge is 2.26. The van der Waals surface area contributed by atoms with Crippen molar-refractivity contribution >= 4 is 6.03 Å². The number of benzene rings is 1. The molecule has 2 rings (SSSR count). The SMILES string of the molecule is CC(CC(O)c1ccc(F)cc1)NC(=O)NC1CC(C)OC(C)C1. The molecular formula is C18H27FN2O3. The normalized spacial score (nSPS) is 26.5. The lowest BCUT2D eigenvalue weighted by molar-refractivity contribution is -0.0402. The molecule has 3 N–H and O–H groups in total. The Labute approximate surface area is 142 Å². The van der Waals surface area contributed by atoms with Gasteiger partial charge in [-0.15, -0.1) is 0 Å². The molecule has 1 heterocycles. The van der Waals surface area contributed by atoms with Gasteiger partial charge >= 0.3 is 6.03 Å². The minimum absolute atomic E-state index is 0.0953. The van der Waals surface area contributed by atoms with Gasteiger partial charge in [0, 0.05) is 12.1 Å². The lowest BCUT2D eigenvalue weighted by Crippen LogP contribution is -2.49. The molecule has 0 spiro atoms. The van der Waals surface area contributed by atoms with Crippen LogP contribution in [0.2, 0.25) is 0 Å². The zero-order valence-corrected chi connectivity index (χ0v) is 14.5. The maximum absolute atomic E-state index is 12.9. The molecule has 4 atom stereocenters. The van der Waals surface area contributed by atoms with Crippen LogP contribution in [0.15, 0.2) is 24.3 Å². The highest BCUT2D eigenvalue weighted by Crippen LogP contribution is 2.20. The number of nitrogens with one attached hydrogen (secondary N) is 2. The molecule has 0 bridgehead atoms. The maximum Gasteiger partial charge on any atom is 0.315 e. The van der Waals surface area contributed by atoms with Gasteiger partial charge in [-0.1, -0.05) is 12.1 Å². The summed E-state index contributed by atoms with van der Waals surface area (Å²) in [6.45, 7) is 5.84. The number of carbonyl (C=O) groups excluding carboxylic acids is 1. The van der Waals surface area contributed by atoms with Crippen molar-refractivity contribution in [3.8, 4) is 0 Å². The first-order valence-corrected chi connectivity index (χ1v) is 8.49. The first-order chi connectivity index (χ1) is 11.3. The average molecular weight is 338 g/mol. The van der Waals surface area contributed by atoms with Crippen molar-refractivity contribution in [2.45, 2.75) is 70.4 Å². The zero-order valence-electron chi connectivity index (χ0n) is 14.5. The van der Waals surface area contributed by atoms with Crippen LogP contribution >= 0.6 is 0 Å². The molecule has 134 valence electrons. The Morgan fingerprint density at radius 2 is 1.88 bits per heavy atom. The van der Waals surface area contributed by atoms with Crippen LogP contribution in [0.3, 0.4) is 0 Å². The lowest BCUT2D eigenvalue weighted by atomic mass is 10.00. The van der Waals surface area contributed by atoms with Gasteiger partial charge in [0.05, 0.1) is 18.3 Å². The number of urea groups is 1. The second-order valence-corrected chi connectivity index (χ2v) is 6.75. The molecule has 1 aliphatic heterocycles. The standard InChI is InChI=1S/C18H27FN2O3/c1-11(8-17(22)14-4-6-15(19)7-5-14)20-18(23)21-16-9-12(2)24-13(3)10-16/h4-7,11-13,16-17,22H,8-10H2,1-3H3,(H2,20,21,23). The number of hydrogen-bond donors (Lipinski definition) is 3. The molecule has 1 fully saturated rings. The molecule has 1 aliphatic rings. The third-order valence-corrected chi connectivity index (χ3v) is 4.24. The summed E-state index contributed by atoms with van der Waals surface area (Å²) in [5, 5.41) is 16.0. The number of hydrogen-bond acceptors (Lipinski definition) is 3. The van der Waals surface area contributed by atoms with E-state index in [2.05, 4.69) is 10.6 Å². The van der Waals surface area contributed by atoms with Gasteiger partial charge in [0.25, 0.3) is 0 Å². The van der Waals surface area contributed by atoms with Crippen LogP contribution < -0.4 is 10.6 Å². The fourth-order valence-corrected chi connectivity index (χ4v) is 3.19. The highest BCUT2D eigenvalue weighted by atomic mass is 19.1. The number of halogens is 1. The summed E-state index contributed by atoms with van der Waals surface area (Å²) in [7, 11) is 0. The highest BCUT2D eigenvalue weighted by molar-refractivity contribution is 5.74. The Morgan fingerprint density at radius 1 is 1.29 bits per heavy atom. The Balaban J connectivity index is 1.77. The van der Waals surface area contributed by atoms with E-state index in [1.54, 1.807) is 12.1 Å². The summed E-state index contributed by atoms with van der Waals surface area (Å²) in [4.78, 5) is 12.1. The van der Waals surface area contributed by atoms with Crippen LogP contribution in [-0.2, 0) is 4.74 Å². The molecule has 0 aromatic heterocycles. The first kappa shape index (κ1) is 18.7. The van der Waals surface area contributed by atoms with Gasteiger partial charge in [0.1, 0.15) is 5.82 Å². The van der Waals surface area contributed by atoms with Gasteiger partial charge in [0.15, 0.2) is 0 Å². The van der Waals surface area contributed by atoms with Gasteiger partial charge in [-0.25, -0.2) is 9.18 Å². The Morgan fingerprint density at radius 3 is 2.46 bits per heavy atom. The van der Waals surface area contributed by atoms with E-state index in [1.807, 2.05) is 20.8 Å². The van der Waals surface area contributed by atoms with Crippen molar-refractivity contribution in [1.82, 2.24) is 10.6 Å². The smallest absolute Gasteiger partial charge is 0.315 e. The van der Waals surface area contributed by atoms with Crippen LogP contribution in [-0.4, -0.2) is 35.4 Å². The molecule has 0 radical (unpaired) electrons. The number of carbonyl (C=O) groups is 1. The van der Waals surface area contributed by atoms with Gasteiger partial charge in [-0.05, 0) is 57.7 Å². The third-order valence-electron chi connectivity index (χ3n) is 4.24. The topological polar surface area (TPSA) is 70.6 Å². The van der Waals surface area contributed by atoms with Crippen molar-refractivity contribution in [3.05, 3.63) is 35.6 Å². The molecule has 1 aromatic carbocycles. The van der Waals surface area contributed by atoms with Crippen LogP contribution in [0.4, 0.5) is 9.18 Å². The van der Waals surface area contributed by atoms with E-state index < -0.39 is 6.10 Å². The van der Waals surface area contributed by atoms with Gasteiger partial charge in [-0.3, -0.25) is 0 Å². The largest absolute Gasteiger partial charge is 0.388 e. The van der Waals surface area contributed by atoms with Crippen molar-refractivity contribution in [1.29, 1.82) is 0 Å². The van der Waals surface area contributed by atoms with E-state index in [-0.39, 0.29) is 36.1 Å².